The first-order valence-electron chi connectivity index (χ1n) is 15.5. The van der Waals surface area contributed by atoms with Gasteiger partial charge < -0.3 is 30.6 Å². The summed E-state index contributed by atoms with van der Waals surface area (Å²) >= 11 is 0. The summed E-state index contributed by atoms with van der Waals surface area (Å²) in [6.07, 6.45) is -0.0284. The smallest absolute Gasteiger partial charge is 0.319 e. The number of nitro groups is 1. The fourth-order valence-corrected chi connectivity index (χ4v) is 5.56. The van der Waals surface area contributed by atoms with Crippen molar-refractivity contribution in [3.63, 3.8) is 0 Å². The third kappa shape index (κ3) is 16.1. The summed E-state index contributed by atoms with van der Waals surface area (Å²) in [7, 11) is 0. The molecule has 1 heterocycles. The highest BCUT2D eigenvalue weighted by atomic mass is 16.6. The molecule has 2 rings (SSSR count). The van der Waals surface area contributed by atoms with Gasteiger partial charge in [-0.2, -0.15) is 0 Å². The molecule has 0 amide bonds. The monoisotopic (exact) mass is 713 g/mol. The predicted octanol–water partition coefficient (Wildman–Crippen LogP) is -2.25. The maximum Gasteiger partial charge on any atom is 0.319 e. The lowest BCUT2D eigenvalue weighted by molar-refractivity contribution is -0.384. The van der Waals surface area contributed by atoms with E-state index in [9.17, 15) is 69.5 Å². The van der Waals surface area contributed by atoms with E-state index < -0.39 is 86.0 Å². The van der Waals surface area contributed by atoms with Crippen LogP contribution in [0.2, 0.25) is 0 Å². The number of nitrogens with zero attached hydrogens (tertiary/aromatic N) is 7. The zero-order valence-electron chi connectivity index (χ0n) is 27.3. The zero-order chi connectivity index (χ0) is 37.4. The van der Waals surface area contributed by atoms with Crippen LogP contribution in [0.25, 0.3) is 0 Å². The Morgan fingerprint density at radius 3 is 1.30 bits per heavy atom. The standard InChI is InChI=1S/C29H43N7O14/c37-24(38)15-30-5-6-31(16-25(39)40)9-10-33(18-27(43)44)14-23(13-21-1-3-22(4-2-21)36(49)50)35(20-29(47)48)34(19-28(45)46)12-11-32(8-7-30)17-26(41)42/h1-4,23H,5-20H2,(H,37,38)(H,39,40)(H,41,42)(H,43,44)(H,45,46)(H,47,48). The van der Waals surface area contributed by atoms with Gasteiger partial charge in [-0.25, -0.2) is 10.0 Å². The number of hydrazine groups is 1. The number of aliphatic carboxylic acids is 6. The molecule has 21 heteroatoms. The molecular formula is C29H43N7O14. The summed E-state index contributed by atoms with van der Waals surface area (Å²) in [6.45, 7) is -3.88. The van der Waals surface area contributed by atoms with E-state index in [0.29, 0.717) is 5.56 Å². The van der Waals surface area contributed by atoms with Crippen molar-refractivity contribution in [1.82, 2.24) is 29.6 Å². The number of hydrogen-bond acceptors (Lipinski definition) is 14. The molecule has 6 N–H and O–H groups in total. The highest BCUT2D eigenvalue weighted by Crippen LogP contribution is 2.18. The van der Waals surface area contributed by atoms with Crippen LogP contribution in [0.1, 0.15) is 5.56 Å². The third-order valence-corrected chi connectivity index (χ3v) is 7.79. The Bertz CT molecular complexity index is 1350. The van der Waals surface area contributed by atoms with Crippen LogP contribution in [0.5, 0.6) is 0 Å². The molecule has 1 unspecified atom stereocenters. The molecule has 1 fully saturated rings. The number of non-ortho nitro benzene ring substituents is 1. The second-order valence-electron chi connectivity index (χ2n) is 11.7. The molecule has 0 aromatic heterocycles. The van der Waals surface area contributed by atoms with Gasteiger partial charge in [0.2, 0.25) is 0 Å². The van der Waals surface area contributed by atoms with Gasteiger partial charge in [-0.1, -0.05) is 12.1 Å². The predicted molar refractivity (Wildman–Crippen MR) is 170 cm³/mol. The molecule has 1 aromatic rings. The molecule has 0 bridgehead atoms. The van der Waals surface area contributed by atoms with Gasteiger partial charge in [0.15, 0.2) is 0 Å². The first-order chi connectivity index (χ1) is 23.5. The highest BCUT2D eigenvalue weighted by molar-refractivity contribution is 5.71. The topological polar surface area (TPSA) is 286 Å². The van der Waals surface area contributed by atoms with Crippen LogP contribution in [-0.4, -0.2) is 205 Å². The molecule has 0 spiro atoms. The van der Waals surface area contributed by atoms with E-state index in [1.54, 1.807) is 0 Å². The lowest BCUT2D eigenvalue weighted by atomic mass is 10.0. The first kappa shape index (κ1) is 41.4. The van der Waals surface area contributed by atoms with Gasteiger partial charge in [-0.3, -0.25) is 58.5 Å². The fraction of sp³-hybridized carbons (Fsp3) is 0.586. The molecule has 0 radical (unpaired) electrons. The molecule has 50 heavy (non-hydrogen) atoms. The van der Waals surface area contributed by atoms with Crippen LogP contribution in [0.15, 0.2) is 24.3 Å². The van der Waals surface area contributed by atoms with E-state index in [-0.39, 0.29) is 71.0 Å². The lowest BCUT2D eigenvalue weighted by Crippen LogP contribution is -2.59. The maximum absolute atomic E-state index is 12.2. The van der Waals surface area contributed by atoms with Gasteiger partial charge in [-0.05, 0) is 12.0 Å². The number of benzene rings is 1. The van der Waals surface area contributed by atoms with E-state index >= 15 is 0 Å². The van der Waals surface area contributed by atoms with Gasteiger partial charge in [0.25, 0.3) is 5.69 Å². The minimum atomic E-state index is -1.37. The van der Waals surface area contributed by atoms with Crippen molar-refractivity contribution in [3.05, 3.63) is 39.9 Å². The summed E-state index contributed by atoms with van der Waals surface area (Å²) < 4.78 is 0. The average Bonchev–Trinajstić information content (AvgIpc) is 2.99. The SMILES string of the molecule is O=C(O)CN1CCN(CC(=O)O)CCN(CC(=O)O)CC(Cc2ccc([N+](=O)[O-])cc2)N(CC(=O)O)N(CC(=O)O)CCN(CC(=O)O)CC1. The second kappa shape index (κ2) is 20.7. The minimum absolute atomic E-state index is 0.00630. The Balaban J connectivity index is 2.68. The average molecular weight is 714 g/mol. The summed E-state index contributed by atoms with van der Waals surface area (Å²) in [5, 5.41) is 71.8. The Morgan fingerprint density at radius 1 is 0.560 bits per heavy atom. The molecule has 1 atom stereocenters. The van der Waals surface area contributed by atoms with E-state index in [4.69, 9.17) is 0 Å². The van der Waals surface area contributed by atoms with Crippen LogP contribution in [0, 0.1) is 10.1 Å². The number of hydrogen-bond donors (Lipinski definition) is 6. The van der Waals surface area contributed by atoms with Crippen molar-refractivity contribution >= 4 is 41.5 Å². The normalized spacial score (nSPS) is 19.1. The molecular weight excluding hydrogens is 670 g/mol. The Kier molecular flexibility index (Phi) is 17.1. The van der Waals surface area contributed by atoms with Crippen LogP contribution in [0.3, 0.4) is 0 Å². The summed E-state index contributed by atoms with van der Waals surface area (Å²) in [5.74, 6) is -7.60. The summed E-state index contributed by atoms with van der Waals surface area (Å²) in [6, 6.07) is 4.39. The van der Waals surface area contributed by atoms with Gasteiger partial charge in [-0.15, -0.1) is 0 Å². The van der Waals surface area contributed by atoms with Crippen molar-refractivity contribution in [3.8, 4) is 0 Å². The summed E-state index contributed by atoms with van der Waals surface area (Å²) in [4.78, 5) is 87.7. The van der Waals surface area contributed by atoms with E-state index in [2.05, 4.69) is 0 Å². The number of rotatable bonds is 15. The van der Waals surface area contributed by atoms with Gasteiger partial charge >= 0.3 is 35.8 Å². The number of carboxylic acid groups (broad SMARTS) is 6. The quantitative estimate of drug-likeness (QED) is 0.0827. The fourth-order valence-electron chi connectivity index (χ4n) is 5.56. The van der Waals surface area contributed by atoms with Gasteiger partial charge in [0.05, 0.1) is 31.1 Å². The Morgan fingerprint density at radius 2 is 0.920 bits per heavy atom. The lowest BCUT2D eigenvalue weighted by Gasteiger charge is -2.42. The van der Waals surface area contributed by atoms with E-state index in [1.807, 2.05) is 0 Å². The third-order valence-electron chi connectivity index (χ3n) is 7.79. The van der Waals surface area contributed by atoms with Crippen molar-refractivity contribution in [2.75, 3.05) is 98.2 Å². The Labute approximate surface area is 286 Å². The van der Waals surface area contributed by atoms with Gasteiger partial charge in [0.1, 0.15) is 13.1 Å². The largest absolute Gasteiger partial charge is 0.480 e. The summed E-state index contributed by atoms with van der Waals surface area (Å²) in [5.41, 5.74) is 0.266. The zero-order valence-corrected chi connectivity index (χ0v) is 27.3. The molecule has 1 aliphatic rings. The van der Waals surface area contributed by atoms with Crippen molar-refractivity contribution in [2.24, 2.45) is 0 Å². The van der Waals surface area contributed by atoms with Crippen LogP contribution in [-0.2, 0) is 35.2 Å². The first-order valence-corrected chi connectivity index (χ1v) is 15.5. The number of carbonyl (C=O) groups is 6. The minimum Gasteiger partial charge on any atom is -0.480 e. The Hall–Kier alpha value is -4.80. The van der Waals surface area contributed by atoms with Crippen LogP contribution < -0.4 is 0 Å². The molecule has 0 saturated carbocycles. The number of nitro benzene ring substituents is 1. The molecule has 1 aromatic carbocycles. The van der Waals surface area contributed by atoms with E-state index in [1.165, 1.54) is 53.9 Å². The van der Waals surface area contributed by atoms with Crippen LogP contribution >= 0.6 is 0 Å². The van der Waals surface area contributed by atoms with Crippen molar-refractivity contribution in [2.45, 2.75) is 12.5 Å². The molecule has 0 aliphatic carbocycles. The van der Waals surface area contributed by atoms with Crippen LogP contribution in [0.4, 0.5) is 5.69 Å². The molecule has 1 saturated heterocycles. The maximum atomic E-state index is 12.2. The molecule has 1 aliphatic heterocycles. The second-order valence-corrected chi connectivity index (χ2v) is 11.7. The molecule has 278 valence electrons. The van der Waals surface area contributed by atoms with Crippen molar-refractivity contribution < 1.29 is 64.3 Å². The molecule has 21 nitrogen and oxygen atoms in total. The van der Waals surface area contributed by atoms with E-state index in [0.717, 1.165) is 0 Å². The number of carboxylic acids is 6. The highest BCUT2D eigenvalue weighted by Gasteiger charge is 2.32. The van der Waals surface area contributed by atoms with Gasteiger partial charge in [0, 0.05) is 77.1 Å². The van der Waals surface area contributed by atoms with Crippen molar-refractivity contribution in [1.29, 1.82) is 0 Å².